The Labute approximate surface area is 149 Å². The minimum absolute atomic E-state index is 0.176. The molecule has 1 amide bonds. The fourth-order valence-electron chi connectivity index (χ4n) is 4.45. The van der Waals surface area contributed by atoms with Gasteiger partial charge in [-0.15, -0.1) is 0 Å². The van der Waals surface area contributed by atoms with Crippen molar-refractivity contribution in [3.63, 3.8) is 0 Å². The van der Waals surface area contributed by atoms with Crippen molar-refractivity contribution in [2.24, 2.45) is 0 Å². The Morgan fingerprint density at radius 2 is 2.04 bits per heavy atom. The second kappa shape index (κ2) is 6.60. The summed E-state index contributed by atoms with van der Waals surface area (Å²) in [6, 6.07) is 16.8. The molecule has 2 aliphatic heterocycles. The van der Waals surface area contributed by atoms with Crippen LogP contribution in [0.15, 0.2) is 48.5 Å². The number of carbonyl (C=O) groups is 1. The number of aryl methyl sites for hydroxylation is 1. The number of pyridine rings is 1. The van der Waals surface area contributed by atoms with Crippen LogP contribution in [0.2, 0.25) is 0 Å². The Morgan fingerprint density at radius 3 is 2.80 bits per heavy atom. The van der Waals surface area contributed by atoms with Crippen LogP contribution in [0.25, 0.3) is 0 Å². The molecular formula is C21H25N3O. The van der Waals surface area contributed by atoms with Gasteiger partial charge in [0.2, 0.25) is 5.91 Å². The van der Waals surface area contributed by atoms with E-state index in [4.69, 9.17) is 4.98 Å². The van der Waals surface area contributed by atoms with Gasteiger partial charge >= 0.3 is 0 Å². The Bertz CT molecular complexity index is 761. The van der Waals surface area contributed by atoms with E-state index >= 15 is 0 Å². The number of likely N-dealkylation sites (tertiary alicyclic amines) is 1. The zero-order chi connectivity index (χ0) is 17.3. The predicted molar refractivity (Wildman–Crippen MR) is 98.2 cm³/mol. The van der Waals surface area contributed by atoms with Gasteiger partial charge in [0, 0.05) is 43.4 Å². The van der Waals surface area contributed by atoms with Crippen molar-refractivity contribution >= 4 is 5.91 Å². The minimum atomic E-state index is -0.176. The maximum absolute atomic E-state index is 12.2. The molecule has 4 rings (SSSR count). The highest BCUT2D eigenvalue weighted by atomic mass is 16.1. The number of amides is 1. The first-order valence-corrected chi connectivity index (χ1v) is 9.15. The molecule has 1 aromatic carbocycles. The molecule has 0 saturated carbocycles. The molecule has 2 atom stereocenters. The van der Waals surface area contributed by atoms with Crippen molar-refractivity contribution < 1.29 is 4.79 Å². The Morgan fingerprint density at radius 1 is 1.20 bits per heavy atom. The van der Waals surface area contributed by atoms with Gasteiger partial charge in [0.05, 0.1) is 5.54 Å². The van der Waals surface area contributed by atoms with Gasteiger partial charge in [-0.25, -0.2) is 0 Å². The molecule has 3 heterocycles. The number of aromatic nitrogens is 1. The summed E-state index contributed by atoms with van der Waals surface area (Å²) in [6.07, 6.45) is 2.64. The summed E-state index contributed by atoms with van der Waals surface area (Å²) in [5.41, 5.74) is 3.29. The first-order chi connectivity index (χ1) is 12.1. The topological polar surface area (TPSA) is 45.2 Å². The average Bonchev–Trinajstić information content (AvgIpc) is 2.93. The van der Waals surface area contributed by atoms with Crippen LogP contribution in [-0.4, -0.2) is 34.4 Å². The Kier molecular flexibility index (Phi) is 4.30. The molecule has 4 heteroatoms. The smallest absolute Gasteiger partial charge is 0.220 e. The maximum Gasteiger partial charge on any atom is 0.220 e. The van der Waals surface area contributed by atoms with Gasteiger partial charge in [-0.2, -0.15) is 0 Å². The quantitative estimate of drug-likeness (QED) is 0.938. The van der Waals surface area contributed by atoms with Crippen LogP contribution in [0.4, 0.5) is 0 Å². The summed E-state index contributed by atoms with van der Waals surface area (Å²) in [7, 11) is 0. The highest BCUT2D eigenvalue weighted by Gasteiger charge is 2.49. The molecule has 0 aliphatic carbocycles. The molecule has 4 nitrogen and oxygen atoms in total. The first kappa shape index (κ1) is 16.3. The molecule has 25 heavy (non-hydrogen) atoms. The third kappa shape index (κ3) is 3.31. The van der Waals surface area contributed by atoms with Gasteiger partial charge in [-0.05, 0) is 37.5 Å². The van der Waals surface area contributed by atoms with E-state index < -0.39 is 0 Å². The van der Waals surface area contributed by atoms with E-state index in [-0.39, 0.29) is 17.4 Å². The van der Waals surface area contributed by atoms with Crippen molar-refractivity contribution in [2.75, 3.05) is 13.1 Å². The van der Waals surface area contributed by atoms with E-state index in [9.17, 15) is 4.79 Å². The average molecular weight is 335 g/mol. The monoisotopic (exact) mass is 335 g/mol. The molecule has 1 spiro atoms. The van der Waals surface area contributed by atoms with Crippen molar-refractivity contribution in [3.05, 3.63) is 65.5 Å². The second-order valence-corrected chi connectivity index (χ2v) is 7.47. The van der Waals surface area contributed by atoms with E-state index in [0.717, 1.165) is 43.9 Å². The third-order valence-corrected chi connectivity index (χ3v) is 5.54. The van der Waals surface area contributed by atoms with E-state index in [1.54, 1.807) is 0 Å². The van der Waals surface area contributed by atoms with E-state index in [2.05, 4.69) is 52.7 Å². The van der Waals surface area contributed by atoms with Crippen LogP contribution >= 0.6 is 0 Å². The standard InChI is InChI=1S/C21H25N3O/c1-16-7-5-10-19(22-16)18-14-24(13-17-8-3-2-4-9-17)15-21(18)12-6-11-20(25)23-21/h2-5,7-10,18H,6,11-15H2,1H3,(H,23,25)/t18-,21+/m0/s1. The predicted octanol–water partition coefficient (Wildman–Crippen LogP) is 3.03. The van der Waals surface area contributed by atoms with Crippen LogP contribution in [0, 0.1) is 6.92 Å². The van der Waals surface area contributed by atoms with Gasteiger partial charge in [-0.3, -0.25) is 14.7 Å². The van der Waals surface area contributed by atoms with Gasteiger partial charge in [-0.1, -0.05) is 36.4 Å². The molecule has 0 unspecified atom stereocenters. The zero-order valence-electron chi connectivity index (χ0n) is 14.7. The van der Waals surface area contributed by atoms with Crippen molar-refractivity contribution in [2.45, 2.75) is 44.2 Å². The molecule has 0 bridgehead atoms. The molecule has 2 saturated heterocycles. The van der Waals surface area contributed by atoms with Crippen LogP contribution in [0.3, 0.4) is 0 Å². The fraction of sp³-hybridized carbons (Fsp3) is 0.429. The van der Waals surface area contributed by atoms with Gasteiger partial charge in [0.15, 0.2) is 0 Å². The number of carbonyl (C=O) groups excluding carboxylic acids is 1. The maximum atomic E-state index is 12.2. The summed E-state index contributed by atoms with van der Waals surface area (Å²) in [6.45, 7) is 4.78. The van der Waals surface area contributed by atoms with Crippen LogP contribution < -0.4 is 5.32 Å². The minimum Gasteiger partial charge on any atom is -0.349 e. The lowest BCUT2D eigenvalue weighted by Crippen LogP contribution is -2.56. The van der Waals surface area contributed by atoms with Crippen molar-refractivity contribution in [1.29, 1.82) is 0 Å². The summed E-state index contributed by atoms with van der Waals surface area (Å²) >= 11 is 0. The van der Waals surface area contributed by atoms with Gasteiger partial charge in [0.25, 0.3) is 0 Å². The molecule has 2 aromatic rings. The second-order valence-electron chi connectivity index (χ2n) is 7.47. The Balaban J connectivity index is 1.63. The first-order valence-electron chi connectivity index (χ1n) is 9.15. The molecule has 2 fully saturated rings. The highest BCUT2D eigenvalue weighted by Crippen LogP contribution is 2.41. The number of piperidine rings is 1. The summed E-state index contributed by atoms with van der Waals surface area (Å²) < 4.78 is 0. The zero-order valence-corrected chi connectivity index (χ0v) is 14.7. The number of nitrogens with zero attached hydrogens (tertiary/aromatic N) is 2. The molecule has 1 N–H and O–H groups in total. The fourth-order valence-corrected chi connectivity index (χ4v) is 4.45. The van der Waals surface area contributed by atoms with Crippen molar-refractivity contribution in [3.8, 4) is 0 Å². The highest BCUT2D eigenvalue weighted by molar-refractivity contribution is 5.78. The number of benzene rings is 1. The number of rotatable bonds is 3. The molecule has 1 aromatic heterocycles. The van der Waals surface area contributed by atoms with Crippen molar-refractivity contribution in [1.82, 2.24) is 15.2 Å². The van der Waals surface area contributed by atoms with E-state index in [1.165, 1.54) is 5.56 Å². The normalized spacial score (nSPS) is 26.8. The largest absolute Gasteiger partial charge is 0.349 e. The van der Waals surface area contributed by atoms with E-state index in [1.807, 2.05) is 13.0 Å². The Hall–Kier alpha value is -2.20. The summed E-state index contributed by atoms with van der Waals surface area (Å²) in [5.74, 6) is 0.436. The number of hydrogen-bond acceptors (Lipinski definition) is 3. The SMILES string of the molecule is Cc1cccc([C@@H]2CN(Cc3ccccc3)C[C@]23CCCC(=O)N3)n1. The molecule has 2 aliphatic rings. The number of nitrogens with one attached hydrogen (secondary N) is 1. The lowest BCUT2D eigenvalue weighted by Gasteiger charge is -2.39. The van der Waals surface area contributed by atoms with Gasteiger partial charge < -0.3 is 5.32 Å². The summed E-state index contributed by atoms with van der Waals surface area (Å²) in [4.78, 5) is 19.4. The van der Waals surface area contributed by atoms with Crippen LogP contribution in [0.1, 0.15) is 42.1 Å². The molecule has 130 valence electrons. The molecule has 0 radical (unpaired) electrons. The lowest BCUT2D eigenvalue weighted by molar-refractivity contribution is -0.125. The number of hydrogen-bond donors (Lipinski definition) is 1. The third-order valence-electron chi connectivity index (χ3n) is 5.54. The summed E-state index contributed by atoms with van der Waals surface area (Å²) in [5, 5.41) is 3.35. The van der Waals surface area contributed by atoms with Gasteiger partial charge in [0.1, 0.15) is 0 Å². The van der Waals surface area contributed by atoms with Crippen LogP contribution in [0.5, 0.6) is 0 Å². The molecular weight excluding hydrogens is 310 g/mol. The van der Waals surface area contributed by atoms with E-state index in [0.29, 0.717) is 6.42 Å². The van der Waals surface area contributed by atoms with Crippen LogP contribution in [-0.2, 0) is 11.3 Å². The lowest BCUT2D eigenvalue weighted by atomic mass is 9.78.